The lowest BCUT2D eigenvalue weighted by molar-refractivity contribution is 0.0526. The molecule has 3 heteroatoms. The van der Waals surface area contributed by atoms with E-state index in [1.165, 1.54) is 5.56 Å². The Morgan fingerprint density at radius 1 is 1.03 bits per heavy atom. The number of hydrogen-bond acceptors (Lipinski definition) is 3. The van der Waals surface area contributed by atoms with E-state index in [-0.39, 0.29) is 12.1 Å². The molecule has 1 unspecified atom stereocenters. The summed E-state index contributed by atoms with van der Waals surface area (Å²) in [5, 5.41) is 0. The number of rotatable bonds is 5. The molecular formula is C27H26O3. The van der Waals surface area contributed by atoms with Crippen molar-refractivity contribution in [3.8, 4) is 16.9 Å². The number of esters is 1. The van der Waals surface area contributed by atoms with E-state index < -0.39 is 0 Å². The first kappa shape index (κ1) is 20.0. The normalized spacial score (nSPS) is 14.7. The molecule has 0 spiro atoms. The molecule has 0 bridgehead atoms. The van der Waals surface area contributed by atoms with E-state index in [0.717, 1.165) is 33.6 Å². The van der Waals surface area contributed by atoms with Crippen LogP contribution in [0, 0.1) is 6.92 Å². The molecule has 1 aliphatic heterocycles. The van der Waals surface area contributed by atoms with Crippen molar-refractivity contribution < 1.29 is 14.3 Å². The van der Waals surface area contributed by atoms with E-state index in [9.17, 15) is 4.79 Å². The quantitative estimate of drug-likeness (QED) is 0.478. The van der Waals surface area contributed by atoms with Gasteiger partial charge in [-0.05, 0) is 43.5 Å². The van der Waals surface area contributed by atoms with E-state index in [1.54, 1.807) is 0 Å². The highest BCUT2D eigenvalue weighted by molar-refractivity contribution is 6.03. The fourth-order valence-electron chi connectivity index (χ4n) is 4.05. The number of benzene rings is 3. The highest BCUT2D eigenvalue weighted by Gasteiger charge is 2.29. The standard InChI is InChI=1S/C27H26O3/c1-4-29-27(28)24-19(3)23(17-20-11-7-5-8-12-20)26-22(16-15-18(2)30-26)25(24)21-13-9-6-10-14-21/h5-16,18H,4,17H2,1-3H3. The van der Waals surface area contributed by atoms with E-state index >= 15 is 0 Å². The van der Waals surface area contributed by atoms with E-state index in [0.29, 0.717) is 18.6 Å². The number of hydrogen-bond donors (Lipinski definition) is 0. The molecule has 1 atom stereocenters. The summed E-state index contributed by atoms with van der Waals surface area (Å²) in [7, 11) is 0. The Hall–Kier alpha value is -3.33. The van der Waals surface area contributed by atoms with Crippen LogP contribution in [-0.2, 0) is 11.2 Å². The molecule has 1 heterocycles. The van der Waals surface area contributed by atoms with Gasteiger partial charge in [0.15, 0.2) is 0 Å². The second-order valence-corrected chi connectivity index (χ2v) is 7.53. The van der Waals surface area contributed by atoms with Crippen molar-refractivity contribution in [3.63, 3.8) is 0 Å². The Morgan fingerprint density at radius 2 is 1.70 bits per heavy atom. The van der Waals surface area contributed by atoms with Crippen LogP contribution in [0.2, 0.25) is 0 Å². The second-order valence-electron chi connectivity index (χ2n) is 7.53. The number of carbonyl (C=O) groups is 1. The average molecular weight is 399 g/mol. The third kappa shape index (κ3) is 3.76. The fraction of sp³-hybridized carbons (Fsp3) is 0.222. The van der Waals surface area contributed by atoms with E-state index in [4.69, 9.17) is 9.47 Å². The SMILES string of the molecule is CCOC(=O)c1c(C)c(Cc2ccccc2)c2c(c1-c1ccccc1)C=CC(C)O2. The number of fused-ring (bicyclic) bond motifs is 1. The maximum Gasteiger partial charge on any atom is 0.339 e. The van der Waals surface area contributed by atoms with Crippen molar-refractivity contribution in [1.29, 1.82) is 0 Å². The number of carbonyl (C=O) groups excluding carboxylic acids is 1. The smallest absolute Gasteiger partial charge is 0.339 e. The van der Waals surface area contributed by atoms with E-state index in [2.05, 4.69) is 18.2 Å². The van der Waals surface area contributed by atoms with Gasteiger partial charge in [-0.2, -0.15) is 0 Å². The highest BCUT2D eigenvalue weighted by Crippen LogP contribution is 2.44. The monoisotopic (exact) mass is 398 g/mol. The first-order valence-electron chi connectivity index (χ1n) is 10.4. The number of ether oxygens (including phenoxy) is 2. The zero-order valence-corrected chi connectivity index (χ0v) is 17.6. The summed E-state index contributed by atoms with van der Waals surface area (Å²) in [5.74, 6) is 0.566. The lowest BCUT2D eigenvalue weighted by atomic mass is 9.84. The zero-order valence-electron chi connectivity index (χ0n) is 17.6. The van der Waals surface area contributed by atoms with Crippen molar-refractivity contribution in [2.24, 2.45) is 0 Å². The molecule has 3 aromatic carbocycles. The van der Waals surface area contributed by atoms with Gasteiger partial charge in [0, 0.05) is 23.1 Å². The summed E-state index contributed by atoms with van der Waals surface area (Å²) in [5.41, 5.74) is 6.55. The molecule has 0 radical (unpaired) electrons. The van der Waals surface area contributed by atoms with Gasteiger partial charge >= 0.3 is 5.97 Å². The molecule has 0 aliphatic carbocycles. The minimum Gasteiger partial charge on any atom is -0.486 e. The van der Waals surface area contributed by atoms with Gasteiger partial charge in [-0.3, -0.25) is 0 Å². The van der Waals surface area contributed by atoms with Gasteiger partial charge in [0.25, 0.3) is 0 Å². The van der Waals surface area contributed by atoms with E-state index in [1.807, 2.05) is 75.4 Å². The minimum atomic E-state index is -0.294. The molecule has 0 fully saturated rings. The second kappa shape index (κ2) is 8.58. The van der Waals surface area contributed by atoms with Crippen LogP contribution in [-0.4, -0.2) is 18.7 Å². The Kier molecular flexibility index (Phi) is 5.71. The van der Waals surface area contributed by atoms with Gasteiger partial charge in [-0.1, -0.05) is 66.7 Å². The van der Waals surface area contributed by atoms with Crippen LogP contribution in [0.5, 0.6) is 5.75 Å². The Morgan fingerprint density at radius 3 is 2.37 bits per heavy atom. The molecule has 0 N–H and O–H groups in total. The summed E-state index contributed by atoms with van der Waals surface area (Å²) < 4.78 is 11.8. The van der Waals surface area contributed by atoms with Gasteiger partial charge in [0.1, 0.15) is 11.9 Å². The molecule has 4 rings (SSSR count). The van der Waals surface area contributed by atoms with Crippen molar-refractivity contribution in [1.82, 2.24) is 0 Å². The molecular weight excluding hydrogens is 372 g/mol. The predicted octanol–water partition coefficient (Wildman–Crippen LogP) is 6.22. The third-order valence-electron chi connectivity index (χ3n) is 5.47. The molecule has 0 saturated carbocycles. The molecule has 1 aliphatic rings. The van der Waals surface area contributed by atoms with Gasteiger partial charge in [-0.15, -0.1) is 0 Å². The molecule has 0 aromatic heterocycles. The summed E-state index contributed by atoms with van der Waals surface area (Å²) in [4.78, 5) is 13.1. The van der Waals surface area contributed by atoms with Crippen LogP contribution in [0.3, 0.4) is 0 Å². The fourth-order valence-corrected chi connectivity index (χ4v) is 4.05. The zero-order chi connectivity index (χ0) is 21.1. The lowest BCUT2D eigenvalue weighted by Crippen LogP contribution is -2.19. The first-order valence-corrected chi connectivity index (χ1v) is 10.4. The first-order chi connectivity index (χ1) is 14.6. The van der Waals surface area contributed by atoms with Crippen LogP contribution in [0.25, 0.3) is 17.2 Å². The van der Waals surface area contributed by atoms with Crippen LogP contribution >= 0.6 is 0 Å². The van der Waals surface area contributed by atoms with Crippen LogP contribution in [0.1, 0.15) is 46.5 Å². The average Bonchev–Trinajstić information content (AvgIpc) is 2.77. The van der Waals surface area contributed by atoms with Crippen molar-refractivity contribution in [2.45, 2.75) is 33.3 Å². The summed E-state index contributed by atoms with van der Waals surface area (Å²) in [6.07, 6.45) is 4.79. The van der Waals surface area contributed by atoms with Crippen LogP contribution in [0.15, 0.2) is 66.7 Å². The van der Waals surface area contributed by atoms with Gasteiger partial charge in [-0.25, -0.2) is 4.79 Å². The van der Waals surface area contributed by atoms with Gasteiger partial charge < -0.3 is 9.47 Å². The molecule has 3 nitrogen and oxygen atoms in total. The molecule has 0 amide bonds. The molecule has 3 aromatic rings. The topological polar surface area (TPSA) is 35.5 Å². The summed E-state index contributed by atoms with van der Waals surface area (Å²) >= 11 is 0. The van der Waals surface area contributed by atoms with Crippen molar-refractivity contribution in [3.05, 3.63) is 94.6 Å². The summed E-state index contributed by atoms with van der Waals surface area (Å²) in [6, 6.07) is 20.3. The van der Waals surface area contributed by atoms with Crippen molar-refractivity contribution >= 4 is 12.0 Å². The molecule has 0 saturated heterocycles. The van der Waals surface area contributed by atoms with Gasteiger partial charge in [0.05, 0.1) is 12.2 Å². The third-order valence-corrected chi connectivity index (χ3v) is 5.47. The Labute approximate surface area is 178 Å². The maximum atomic E-state index is 13.1. The molecule has 152 valence electrons. The van der Waals surface area contributed by atoms with Crippen LogP contribution in [0.4, 0.5) is 0 Å². The largest absolute Gasteiger partial charge is 0.486 e. The Balaban J connectivity index is 2.02. The summed E-state index contributed by atoms with van der Waals surface area (Å²) in [6.45, 7) is 6.20. The highest BCUT2D eigenvalue weighted by atomic mass is 16.5. The maximum absolute atomic E-state index is 13.1. The minimum absolute atomic E-state index is 0.0245. The van der Waals surface area contributed by atoms with Crippen LogP contribution < -0.4 is 4.74 Å². The lowest BCUT2D eigenvalue weighted by Gasteiger charge is -2.27. The predicted molar refractivity (Wildman–Crippen MR) is 121 cm³/mol. The Bertz CT molecular complexity index is 1080. The van der Waals surface area contributed by atoms with Crippen molar-refractivity contribution in [2.75, 3.05) is 6.61 Å². The van der Waals surface area contributed by atoms with Gasteiger partial charge in [0.2, 0.25) is 0 Å². The molecule has 30 heavy (non-hydrogen) atoms.